The molecule has 28 heavy (non-hydrogen) atoms. The molecule has 0 spiro atoms. The van der Waals surface area contributed by atoms with Crippen LogP contribution < -0.4 is 10.1 Å². The molecule has 1 amide bonds. The Morgan fingerprint density at radius 1 is 1.25 bits per heavy atom. The van der Waals surface area contributed by atoms with Crippen molar-refractivity contribution in [2.45, 2.75) is 46.4 Å². The molecule has 2 aromatic carbocycles. The highest BCUT2D eigenvalue weighted by Gasteiger charge is 2.19. The summed E-state index contributed by atoms with van der Waals surface area (Å²) in [7, 11) is 0. The largest absolute Gasteiger partial charge is 0.491 e. The van der Waals surface area contributed by atoms with E-state index in [4.69, 9.17) is 4.74 Å². The number of fused-ring (bicyclic) bond motifs is 1. The number of aliphatic hydroxyl groups excluding tert-OH is 1. The van der Waals surface area contributed by atoms with E-state index in [-0.39, 0.29) is 18.6 Å². The fourth-order valence-electron chi connectivity index (χ4n) is 3.30. The molecule has 0 aliphatic carbocycles. The predicted molar refractivity (Wildman–Crippen MR) is 109 cm³/mol. The van der Waals surface area contributed by atoms with E-state index in [1.54, 1.807) is 0 Å². The lowest BCUT2D eigenvalue weighted by Gasteiger charge is -2.19. The van der Waals surface area contributed by atoms with E-state index in [0.29, 0.717) is 12.4 Å². The number of imidazole rings is 1. The zero-order valence-electron chi connectivity index (χ0n) is 16.8. The van der Waals surface area contributed by atoms with Gasteiger partial charge in [0, 0.05) is 6.92 Å². The number of ether oxygens (including phenoxy) is 1. The number of nitrogens with zero attached hydrogens (tertiary/aromatic N) is 2. The van der Waals surface area contributed by atoms with Crippen molar-refractivity contribution in [2.24, 2.45) is 0 Å². The zero-order chi connectivity index (χ0) is 20.3. The van der Waals surface area contributed by atoms with Crippen molar-refractivity contribution in [3.8, 4) is 5.75 Å². The monoisotopic (exact) mass is 381 g/mol. The highest BCUT2D eigenvalue weighted by atomic mass is 16.5. The maximum atomic E-state index is 11.5. The van der Waals surface area contributed by atoms with Gasteiger partial charge in [0.2, 0.25) is 5.91 Å². The number of rotatable bonds is 7. The number of amides is 1. The number of hydrogen-bond donors (Lipinski definition) is 2. The van der Waals surface area contributed by atoms with E-state index in [1.807, 2.05) is 67.8 Å². The van der Waals surface area contributed by atoms with Crippen LogP contribution in [0.4, 0.5) is 0 Å². The third-order valence-electron chi connectivity index (χ3n) is 4.66. The summed E-state index contributed by atoms with van der Waals surface area (Å²) in [6, 6.07) is 13.5. The number of aryl methyl sites for hydroxylation is 2. The van der Waals surface area contributed by atoms with Crippen molar-refractivity contribution in [3.63, 3.8) is 0 Å². The first-order chi connectivity index (χ1) is 13.3. The maximum absolute atomic E-state index is 11.5. The van der Waals surface area contributed by atoms with Gasteiger partial charge in [0.25, 0.3) is 0 Å². The van der Waals surface area contributed by atoms with Crippen LogP contribution in [0.1, 0.15) is 36.8 Å². The Labute approximate surface area is 165 Å². The van der Waals surface area contributed by atoms with Gasteiger partial charge >= 0.3 is 0 Å². The Bertz CT molecular complexity index is 980. The van der Waals surface area contributed by atoms with Crippen LogP contribution in [0.3, 0.4) is 0 Å². The quantitative estimate of drug-likeness (QED) is 0.658. The van der Waals surface area contributed by atoms with E-state index in [1.165, 1.54) is 6.92 Å². The molecule has 1 aromatic heterocycles. The fraction of sp³-hybridized carbons (Fsp3) is 0.364. The molecule has 2 N–H and O–H groups in total. The van der Waals surface area contributed by atoms with Gasteiger partial charge < -0.3 is 19.7 Å². The van der Waals surface area contributed by atoms with Gasteiger partial charge in [-0.2, -0.15) is 0 Å². The summed E-state index contributed by atoms with van der Waals surface area (Å²) in [5.41, 5.74) is 3.89. The van der Waals surface area contributed by atoms with Crippen molar-refractivity contribution < 1.29 is 14.6 Å². The van der Waals surface area contributed by atoms with E-state index < -0.39 is 6.10 Å². The van der Waals surface area contributed by atoms with Crippen LogP contribution in [0.15, 0.2) is 42.5 Å². The minimum absolute atomic E-state index is 0.120. The van der Waals surface area contributed by atoms with E-state index >= 15 is 0 Å². The average Bonchev–Trinajstić information content (AvgIpc) is 3.01. The van der Waals surface area contributed by atoms with Crippen LogP contribution in [0.5, 0.6) is 5.75 Å². The first kappa shape index (κ1) is 19.9. The van der Waals surface area contributed by atoms with Gasteiger partial charge in [-0.3, -0.25) is 4.79 Å². The molecule has 3 rings (SSSR count). The molecule has 1 heterocycles. The number of carbonyl (C=O) groups is 1. The number of nitrogens with one attached hydrogen (secondary N) is 1. The third-order valence-corrected chi connectivity index (χ3v) is 4.66. The Kier molecular flexibility index (Phi) is 5.99. The highest BCUT2D eigenvalue weighted by molar-refractivity contribution is 5.77. The van der Waals surface area contributed by atoms with Gasteiger partial charge in [-0.15, -0.1) is 0 Å². The van der Waals surface area contributed by atoms with Crippen LogP contribution in [0.25, 0.3) is 11.0 Å². The minimum Gasteiger partial charge on any atom is -0.491 e. The van der Waals surface area contributed by atoms with Crippen LogP contribution in [-0.4, -0.2) is 33.3 Å². The number of benzene rings is 2. The SMILES string of the molecule is CC(=O)N[C@H](C)c1nc2ccccc2n1C[C@H](O)COc1cc(C)ccc1C. The second-order valence-electron chi connectivity index (χ2n) is 7.23. The number of aliphatic hydroxyl groups is 1. The molecule has 148 valence electrons. The second kappa shape index (κ2) is 8.44. The molecule has 0 radical (unpaired) electrons. The summed E-state index contributed by atoms with van der Waals surface area (Å²) in [4.78, 5) is 16.1. The molecule has 6 nitrogen and oxygen atoms in total. The van der Waals surface area contributed by atoms with Gasteiger partial charge in [-0.1, -0.05) is 24.3 Å². The lowest BCUT2D eigenvalue weighted by Crippen LogP contribution is -2.29. The predicted octanol–water partition coefficient (Wildman–Crippen LogP) is 3.29. The Morgan fingerprint density at radius 3 is 2.75 bits per heavy atom. The molecule has 0 bridgehead atoms. The number of carbonyl (C=O) groups excluding carboxylic acids is 1. The third kappa shape index (κ3) is 4.51. The van der Waals surface area contributed by atoms with Gasteiger partial charge in [-0.25, -0.2) is 4.98 Å². The van der Waals surface area contributed by atoms with E-state index in [0.717, 1.165) is 27.9 Å². The van der Waals surface area contributed by atoms with Crippen molar-refractivity contribution in [3.05, 3.63) is 59.4 Å². The lowest BCUT2D eigenvalue weighted by molar-refractivity contribution is -0.119. The molecular weight excluding hydrogens is 354 g/mol. The standard InChI is InChI=1S/C22H27N3O3/c1-14-9-10-15(2)21(11-14)28-13-18(27)12-25-20-8-6-5-7-19(20)24-22(25)16(3)23-17(4)26/h5-11,16,18,27H,12-13H2,1-4H3,(H,23,26)/t16-,18+/m1/s1. The van der Waals surface area contributed by atoms with Crippen LogP contribution in [0.2, 0.25) is 0 Å². The summed E-state index contributed by atoms with van der Waals surface area (Å²) in [6.45, 7) is 7.86. The highest BCUT2D eigenvalue weighted by Crippen LogP contribution is 2.22. The summed E-state index contributed by atoms with van der Waals surface area (Å²) in [5.74, 6) is 1.37. The summed E-state index contributed by atoms with van der Waals surface area (Å²) in [5, 5.41) is 13.5. The van der Waals surface area contributed by atoms with E-state index in [2.05, 4.69) is 10.3 Å². The molecule has 0 aliphatic rings. The maximum Gasteiger partial charge on any atom is 0.217 e. The van der Waals surface area contributed by atoms with Crippen molar-refractivity contribution in [1.82, 2.24) is 14.9 Å². The van der Waals surface area contributed by atoms with Gasteiger partial charge in [0.1, 0.15) is 24.3 Å². The van der Waals surface area contributed by atoms with Gasteiger partial charge in [-0.05, 0) is 50.1 Å². The van der Waals surface area contributed by atoms with Gasteiger partial charge in [0.15, 0.2) is 0 Å². The number of para-hydroxylation sites is 2. The molecule has 0 saturated heterocycles. The van der Waals surface area contributed by atoms with E-state index in [9.17, 15) is 9.90 Å². The fourth-order valence-corrected chi connectivity index (χ4v) is 3.30. The average molecular weight is 381 g/mol. The molecule has 6 heteroatoms. The Balaban J connectivity index is 1.80. The number of hydrogen-bond acceptors (Lipinski definition) is 4. The first-order valence-corrected chi connectivity index (χ1v) is 9.45. The topological polar surface area (TPSA) is 76.4 Å². The molecule has 0 saturated carbocycles. The zero-order valence-corrected chi connectivity index (χ0v) is 16.8. The summed E-state index contributed by atoms with van der Waals surface area (Å²) in [6.07, 6.45) is -0.721. The van der Waals surface area contributed by atoms with Crippen LogP contribution in [0, 0.1) is 13.8 Å². The molecular formula is C22H27N3O3. The molecule has 3 aromatic rings. The second-order valence-corrected chi connectivity index (χ2v) is 7.23. The van der Waals surface area contributed by atoms with Crippen molar-refractivity contribution in [2.75, 3.05) is 6.61 Å². The smallest absolute Gasteiger partial charge is 0.217 e. The lowest BCUT2D eigenvalue weighted by atomic mass is 10.1. The van der Waals surface area contributed by atoms with Crippen molar-refractivity contribution in [1.29, 1.82) is 0 Å². The molecule has 0 fully saturated rings. The van der Waals surface area contributed by atoms with Crippen molar-refractivity contribution >= 4 is 16.9 Å². The Hall–Kier alpha value is -2.86. The summed E-state index contributed by atoms with van der Waals surface area (Å²) < 4.78 is 7.80. The van der Waals surface area contributed by atoms with Crippen LogP contribution >= 0.6 is 0 Å². The molecule has 2 atom stereocenters. The van der Waals surface area contributed by atoms with Gasteiger partial charge in [0.05, 0.1) is 23.6 Å². The first-order valence-electron chi connectivity index (χ1n) is 9.45. The normalized spacial score (nSPS) is 13.3. The molecule has 0 aliphatic heterocycles. The number of aromatic nitrogens is 2. The van der Waals surface area contributed by atoms with Crippen LogP contribution in [-0.2, 0) is 11.3 Å². The molecule has 0 unspecified atom stereocenters. The minimum atomic E-state index is -0.721. The Morgan fingerprint density at radius 2 is 2.00 bits per heavy atom. The summed E-state index contributed by atoms with van der Waals surface area (Å²) >= 11 is 0.